The lowest BCUT2D eigenvalue weighted by atomic mass is 10.1. The summed E-state index contributed by atoms with van der Waals surface area (Å²) in [7, 11) is 1.61. The van der Waals surface area contributed by atoms with Crippen molar-refractivity contribution in [1.29, 1.82) is 0 Å². The van der Waals surface area contributed by atoms with Crippen LogP contribution in [0.1, 0.15) is 25.7 Å². The highest BCUT2D eigenvalue weighted by Crippen LogP contribution is 2.31. The molecule has 0 bridgehead atoms. The summed E-state index contributed by atoms with van der Waals surface area (Å²) in [6, 6.07) is 14.9. The number of urea groups is 1. The molecular formula is C21H27N3O3. The minimum absolute atomic E-state index is 0.195. The maximum Gasteiger partial charge on any atom is 0.319 e. The largest absolute Gasteiger partial charge is 0.493 e. The number of methoxy groups -OCH3 is 1. The van der Waals surface area contributed by atoms with Crippen molar-refractivity contribution < 1.29 is 14.3 Å². The van der Waals surface area contributed by atoms with Crippen molar-refractivity contribution in [3.63, 3.8) is 0 Å². The third-order valence-electron chi connectivity index (χ3n) is 4.58. The van der Waals surface area contributed by atoms with E-state index < -0.39 is 0 Å². The molecule has 1 aliphatic heterocycles. The van der Waals surface area contributed by atoms with E-state index >= 15 is 0 Å². The molecule has 0 spiro atoms. The Bertz CT molecular complexity index is 726. The third kappa shape index (κ3) is 5.89. The number of carbonyl (C=O) groups is 1. The van der Waals surface area contributed by atoms with Gasteiger partial charge in [0, 0.05) is 18.3 Å². The van der Waals surface area contributed by atoms with Gasteiger partial charge in [-0.15, -0.1) is 0 Å². The van der Waals surface area contributed by atoms with E-state index in [0.717, 1.165) is 13.0 Å². The van der Waals surface area contributed by atoms with E-state index in [0.29, 0.717) is 35.5 Å². The monoisotopic (exact) mass is 369 g/mol. The molecule has 1 aliphatic rings. The SMILES string of the molecule is COc1ccccc1Oc1ccc(NC(=O)NC[C@@H]2CCCCCN2)cc1. The van der Waals surface area contributed by atoms with Gasteiger partial charge in [-0.1, -0.05) is 25.0 Å². The van der Waals surface area contributed by atoms with Crippen molar-refractivity contribution >= 4 is 11.7 Å². The van der Waals surface area contributed by atoms with Gasteiger partial charge in [-0.2, -0.15) is 0 Å². The van der Waals surface area contributed by atoms with Crippen molar-refractivity contribution in [2.45, 2.75) is 31.7 Å². The number of rotatable bonds is 6. The van der Waals surface area contributed by atoms with Gasteiger partial charge in [-0.25, -0.2) is 4.79 Å². The number of benzene rings is 2. The predicted molar refractivity (Wildman–Crippen MR) is 107 cm³/mol. The number of hydrogen-bond donors (Lipinski definition) is 3. The Morgan fingerprint density at radius 2 is 1.85 bits per heavy atom. The Kier molecular flexibility index (Phi) is 6.93. The molecule has 3 N–H and O–H groups in total. The van der Waals surface area contributed by atoms with E-state index in [1.165, 1.54) is 19.3 Å². The van der Waals surface area contributed by atoms with E-state index in [4.69, 9.17) is 9.47 Å². The Morgan fingerprint density at radius 1 is 1.07 bits per heavy atom. The molecule has 1 heterocycles. The molecule has 2 amide bonds. The molecule has 0 aliphatic carbocycles. The summed E-state index contributed by atoms with van der Waals surface area (Å²) in [5.74, 6) is 1.99. The summed E-state index contributed by atoms with van der Waals surface area (Å²) in [5, 5.41) is 9.26. The van der Waals surface area contributed by atoms with Crippen LogP contribution in [0.5, 0.6) is 17.2 Å². The van der Waals surface area contributed by atoms with E-state index in [9.17, 15) is 4.79 Å². The first kappa shape index (κ1) is 19.0. The second-order valence-electron chi connectivity index (χ2n) is 6.61. The van der Waals surface area contributed by atoms with Crippen LogP contribution < -0.4 is 25.4 Å². The Morgan fingerprint density at radius 3 is 2.63 bits per heavy atom. The van der Waals surface area contributed by atoms with E-state index in [-0.39, 0.29) is 6.03 Å². The van der Waals surface area contributed by atoms with Crippen molar-refractivity contribution in [2.24, 2.45) is 0 Å². The van der Waals surface area contributed by atoms with Crippen LogP contribution in [0.2, 0.25) is 0 Å². The summed E-state index contributed by atoms with van der Waals surface area (Å²) < 4.78 is 11.1. The van der Waals surface area contributed by atoms with E-state index in [2.05, 4.69) is 16.0 Å². The van der Waals surface area contributed by atoms with Crippen molar-refractivity contribution in [3.05, 3.63) is 48.5 Å². The molecule has 0 aromatic heterocycles. The fourth-order valence-corrected chi connectivity index (χ4v) is 3.10. The van der Waals surface area contributed by atoms with Gasteiger partial charge in [0.15, 0.2) is 11.5 Å². The summed E-state index contributed by atoms with van der Waals surface area (Å²) in [4.78, 5) is 12.1. The summed E-state index contributed by atoms with van der Waals surface area (Å²) >= 11 is 0. The van der Waals surface area contributed by atoms with Gasteiger partial charge in [0.1, 0.15) is 5.75 Å². The Hall–Kier alpha value is -2.73. The molecule has 1 atom stereocenters. The van der Waals surface area contributed by atoms with Crippen LogP contribution in [0.4, 0.5) is 10.5 Å². The topological polar surface area (TPSA) is 71.6 Å². The average molecular weight is 369 g/mol. The van der Waals surface area contributed by atoms with E-state index in [1.807, 2.05) is 48.5 Å². The molecule has 6 nitrogen and oxygen atoms in total. The van der Waals surface area contributed by atoms with Gasteiger partial charge >= 0.3 is 6.03 Å². The smallest absolute Gasteiger partial charge is 0.319 e. The summed E-state index contributed by atoms with van der Waals surface area (Å²) in [6.45, 7) is 1.67. The lowest BCUT2D eigenvalue weighted by Gasteiger charge is -2.16. The lowest BCUT2D eigenvalue weighted by molar-refractivity contribution is 0.250. The molecule has 0 radical (unpaired) electrons. The highest BCUT2D eigenvalue weighted by atomic mass is 16.5. The zero-order valence-electron chi connectivity index (χ0n) is 15.7. The molecule has 2 aromatic rings. The van der Waals surface area contributed by atoms with E-state index in [1.54, 1.807) is 7.11 Å². The molecule has 1 fully saturated rings. The molecule has 144 valence electrons. The maximum absolute atomic E-state index is 12.1. The highest BCUT2D eigenvalue weighted by Gasteiger charge is 2.12. The van der Waals surface area contributed by atoms with Gasteiger partial charge in [0.05, 0.1) is 7.11 Å². The first-order valence-corrected chi connectivity index (χ1v) is 9.44. The highest BCUT2D eigenvalue weighted by molar-refractivity contribution is 5.89. The molecule has 0 unspecified atom stereocenters. The maximum atomic E-state index is 12.1. The number of nitrogens with one attached hydrogen (secondary N) is 3. The standard InChI is InChI=1S/C21H27N3O3/c1-26-19-8-4-5-9-20(19)27-18-12-10-16(11-13-18)24-21(25)23-15-17-7-3-2-6-14-22-17/h4-5,8-13,17,22H,2-3,6-7,14-15H2,1H3,(H2,23,24,25)/t17-/m0/s1. The zero-order valence-corrected chi connectivity index (χ0v) is 15.7. The Labute approximate surface area is 160 Å². The van der Waals surface area contributed by atoms with Crippen LogP contribution in [0.15, 0.2) is 48.5 Å². The molecule has 1 saturated heterocycles. The average Bonchev–Trinajstić information content (AvgIpc) is 2.97. The Balaban J connectivity index is 1.49. The molecule has 27 heavy (non-hydrogen) atoms. The normalized spacial score (nSPS) is 16.9. The molecule has 6 heteroatoms. The summed E-state index contributed by atoms with van der Waals surface area (Å²) in [6.07, 6.45) is 4.80. The van der Waals surface area contributed by atoms with Crippen LogP contribution in [0, 0.1) is 0 Å². The van der Waals surface area contributed by atoms with Gasteiger partial charge < -0.3 is 25.4 Å². The van der Waals surface area contributed by atoms with Crippen molar-refractivity contribution in [1.82, 2.24) is 10.6 Å². The molecular weight excluding hydrogens is 342 g/mol. The fourth-order valence-electron chi connectivity index (χ4n) is 3.10. The van der Waals surface area contributed by atoms with Crippen LogP contribution in [0.25, 0.3) is 0 Å². The number of carbonyl (C=O) groups excluding carboxylic acids is 1. The number of anilines is 1. The van der Waals surface area contributed by atoms with Gasteiger partial charge in [-0.05, 0) is 55.8 Å². The number of amides is 2. The lowest BCUT2D eigenvalue weighted by Crippen LogP contribution is -2.41. The number of para-hydroxylation sites is 2. The first-order valence-electron chi connectivity index (χ1n) is 9.44. The first-order chi connectivity index (χ1) is 13.2. The molecule has 3 rings (SSSR count). The van der Waals surface area contributed by atoms with Crippen LogP contribution in [0.3, 0.4) is 0 Å². The minimum Gasteiger partial charge on any atom is -0.493 e. The number of ether oxygens (including phenoxy) is 2. The van der Waals surface area contributed by atoms with Crippen molar-refractivity contribution in [2.75, 3.05) is 25.5 Å². The minimum atomic E-state index is -0.195. The predicted octanol–water partition coefficient (Wildman–Crippen LogP) is 4.14. The van der Waals surface area contributed by atoms with Gasteiger partial charge in [-0.3, -0.25) is 0 Å². The second-order valence-corrected chi connectivity index (χ2v) is 6.61. The second kappa shape index (κ2) is 9.83. The fraction of sp³-hybridized carbons (Fsp3) is 0.381. The molecule has 0 saturated carbocycles. The van der Waals surface area contributed by atoms with Crippen LogP contribution in [-0.4, -0.2) is 32.3 Å². The number of hydrogen-bond acceptors (Lipinski definition) is 4. The van der Waals surface area contributed by atoms with Gasteiger partial charge in [0.2, 0.25) is 0 Å². The zero-order chi connectivity index (χ0) is 18.9. The summed E-state index contributed by atoms with van der Waals surface area (Å²) in [5.41, 5.74) is 0.716. The van der Waals surface area contributed by atoms with Crippen LogP contribution in [-0.2, 0) is 0 Å². The third-order valence-corrected chi connectivity index (χ3v) is 4.58. The quantitative estimate of drug-likeness (QED) is 0.716. The van der Waals surface area contributed by atoms with Crippen molar-refractivity contribution in [3.8, 4) is 17.2 Å². The molecule has 2 aromatic carbocycles. The van der Waals surface area contributed by atoms with Crippen LogP contribution >= 0.6 is 0 Å². The van der Waals surface area contributed by atoms with Gasteiger partial charge in [0.25, 0.3) is 0 Å².